The third-order valence-corrected chi connectivity index (χ3v) is 3.73. The summed E-state index contributed by atoms with van der Waals surface area (Å²) in [6, 6.07) is 5.41. The predicted octanol–water partition coefficient (Wildman–Crippen LogP) is 0.719. The van der Waals surface area contributed by atoms with E-state index < -0.39 is 0 Å². The van der Waals surface area contributed by atoms with Gasteiger partial charge in [0.15, 0.2) is 0 Å². The van der Waals surface area contributed by atoms with Gasteiger partial charge in [0.05, 0.1) is 30.7 Å². The molecular weight excluding hydrogens is 282 g/mol. The van der Waals surface area contributed by atoms with Crippen LogP contribution in [-0.4, -0.2) is 40.4 Å². The van der Waals surface area contributed by atoms with E-state index in [1.807, 2.05) is 25.4 Å². The first-order valence-corrected chi connectivity index (χ1v) is 7.20. The van der Waals surface area contributed by atoms with Gasteiger partial charge in [-0.3, -0.25) is 9.48 Å². The molecule has 0 radical (unpaired) electrons. The van der Waals surface area contributed by atoms with Crippen LogP contribution in [0.25, 0.3) is 0 Å². The maximum atomic E-state index is 12.4. The Morgan fingerprint density at radius 2 is 2.32 bits per heavy atom. The van der Waals surface area contributed by atoms with Gasteiger partial charge >= 0.3 is 0 Å². The standard InChI is InChI=1S/C15H19N5O2/c1-19-10-12(9-17-19)20-7-6-13(15(20)21)16-8-11-4-3-5-14(18-11)22-2/h3-5,9-10,13,16H,6-8H2,1-2H3/t13-/m0/s1. The fraction of sp³-hybridized carbons (Fsp3) is 0.400. The van der Waals surface area contributed by atoms with Crippen molar-refractivity contribution >= 4 is 11.6 Å². The summed E-state index contributed by atoms with van der Waals surface area (Å²) in [7, 11) is 3.43. The van der Waals surface area contributed by atoms with Crippen molar-refractivity contribution in [1.82, 2.24) is 20.1 Å². The van der Waals surface area contributed by atoms with Gasteiger partial charge in [-0.05, 0) is 12.5 Å². The third kappa shape index (κ3) is 2.94. The Morgan fingerprint density at radius 1 is 1.45 bits per heavy atom. The fourth-order valence-corrected chi connectivity index (χ4v) is 2.57. The van der Waals surface area contributed by atoms with Gasteiger partial charge in [-0.25, -0.2) is 4.98 Å². The van der Waals surface area contributed by atoms with E-state index >= 15 is 0 Å². The highest BCUT2D eigenvalue weighted by Gasteiger charge is 2.32. The topological polar surface area (TPSA) is 72.3 Å². The van der Waals surface area contributed by atoms with Crippen molar-refractivity contribution in [1.29, 1.82) is 0 Å². The number of hydrogen-bond donors (Lipinski definition) is 1. The molecule has 0 spiro atoms. The minimum Gasteiger partial charge on any atom is -0.481 e. The molecule has 3 rings (SSSR count). The maximum absolute atomic E-state index is 12.4. The minimum atomic E-state index is -0.187. The first-order valence-electron chi connectivity index (χ1n) is 7.20. The molecule has 7 nitrogen and oxygen atoms in total. The summed E-state index contributed by atoms with van der Waals surface area (Å²) in [6.45, 7) is 1.24. The van der Waals surface area contributed by atoms with Gasteiger partial charge in [0.25, 0.3) is 0 Å². The largest absolute Gasteiger partial charge is 0.481 e. The van der Waals surface area contributed by atoms with Crippen LogP contribution in [-0.2, 0) is 18.4 Å². The Bertz CT molecular complexity index is 669. The number of nitrogens with zero attached hydrogens (tertiary/aromatic N) is 4. The lowest BCUT2D eigenvalue weighted by Gasteiger charge is -2.15. The summed E-state index contributed by atoms with van der Waals surface area (Å²) >= 11 is 0. The summed E-state index contributed by atoms with van der Waals surface area (Å²) in [4.78, 5) is 18.5. The van der Waals surface area contributed by atoms with Gasteiger partial charge in [0, 0.05) is 32.4 Å². The van der Waals surface area contributed by atoms with Gasteiger partial charge in [0.2, 0.25) is 11.8 Å². The smallest absolute Gasteiger partial charge is 0.244 e. The molecule has 1 fully saturated rings. The lowest BCUT2D eigenvalue weighted by molar-refractivity contribution is -0.118. The van der Waals surface area contributed by atoms with Crippen molar-refractivity contribution in [2.45, 2.75) is 19.0 Å². The highest BCUT2D eigenvalue weighted by molar-refractivity contribution is 5.99. The van der Waals surface area contributed by atoms with Crippen LogP contribution < -0.4 is 15.0 Å². The van der Waals surface area contributed by atoms with Crippen molar-refractivity contribution in [3.8, 4) is 5.88 Å². The molecule has 0 saturated carbocycles. The van der Waals surface area contributed by atoms with E-state index in [2.05, 4.69) is 15.4 Å². The first-order chi connectivity index (χ1) is 10.7. The molecular formula is C15H19N5O2. The second-order valence-corrected chi connectivity index (χ2v) is 5.26. The van der Waals surface area contributed by atoms with Crippen LogP contribution in [0, 0.1) is 0 Å². The van der Waals surface area contributed by atoms with Crippen molar-refractivity contribution in [3.63, 3.8) is 0 Å². The third-order valence-electron chi connectivity index (χ3n) is 3.73. The lowest BCUT2D eigenvalue weighted by Crippen LogP contribution is -2.38. The van der Waals surface area contributed by atoms with Crippen LogP contribution in [0.3, 0.4) is 0 Å². The molecule has 22 heavy (non-hydrogen) atoms. The number of rotatable bonds is 5. The van der Waals surface area contributed by atoms with E-state index in [9.17, 15) is 4.79 Å². The fourth-order valence-electron chi connectivity index (χ4n) is 2.57. The van der Waals surface area contributed by atoms with Crippen molar-refractivity contribution in [2.24, 2.45) is 7.05 Å². The number of carbonyl (C=O) groups is 1. The molecule has 7 heteroatoms. The molecule has 1 amide bonds. The Morgan fingerprint density at radius 3 is 3.05 bits per heavy atom. The van der Waals surface area contributed by atoms with Crippen molar-refractivity contribution in [3.05, 3.63) is 36.3 Å². The van der Waals surface area contributed by atoms with Crippen LogP contribution in [0.2, 0.25) is 0 Å². The van der Waals surface area contributed by atoms with Gasteiger partial charge in [-0.2, -0.15) is 5.10 Å². The molecule has 2 aromatic heterocycles. The van der Waals surface area contributed by atoms with Crippen LogP contribution in [0.4, 0.5) is 5.69 Å². The van der Waals surface area contributed by atoms with E-state index in [0.29, 0.717) is 19.0 Å². The number of anilines is 1. The van der Waals surface area contributed by atoms with E-state index in [1.165, 1.54) is 0 Å². The van der Waals surface area contributed by atoms with E-state index in [1.54, 1.807) is 29.0 Å². The molecule has 1 atom stereocenters. The molecule has 116 valence electrons. The Hall–Kier alpha value is -2.41. The van der Waals surface area contributed by atoms with Gasteiger partial charge in [-0.15, -0.1) is 0 Å². The summed E-state index contributed by atoms with van der Waals surface area (Å²) in [6.07, 6.45) is 4.34. The highest BCUT2D eigenvalue weighted by atomic mass is 16.5. The van der Waals surface area contributed by atoms with Gasteiger partial charge in [0.1, 0.15) is 0 Å². The minimum absolute atomic E-state index is 0.0795. The number of amides is 1. The number of ether oxygens (including phenoxy) is 1. The molecule has 0 unspecified atom stereocenters. The SMILES string of the molecule is COc1cccc(CN[C@H]2CCN(c3cnn(C)c3)C2=O)n1. The normalized spacial score (nSPS) is 18.0. The number of methoxy groups -OCH3 is 1. The molecule has 1 aliphatic rings. The zero-order valence-corrected chi connectivity index (χ0v) is 12.7. The predicted molar refractivity (Wildman–Crippen MR) is 81.6 cm³/mol. The Balaban J connectivity index is 1.61. The number of hydrogen-bond acceptors (Lipinski definition) is 5. The van der Waals surface area contributed by atoms with Crippen LogP contribution in [0.5, 0.6) is 5.88 Å². The van der Waals surface area contributed by atoms with E-state index in [-0.39, 0.29) is 11.9 Å². The number of nitrogens with one attached hydrogen (secondary N) is 1. The van der Waals surface area contributed by atoms with Gasteiger partial charge in [-0.1, -0.05) is 6.07 Å². The van der Waals surface area contributed by atoms with Crippen LogP contribution in [0.1, 0.15) is 12.1 Å². The molecule has 1 saturated heterocycles. The first kappa shape index (κ1) is 14.5. The Labute approximate surface area is 128 Å². The quantitative estimate of drug-likeness (QED) is 0.881. The monoisotopic (exact) mass is 301 g/mol. The zero-order valence-electron chi connectivity index (χ0n) is 12.7. The summed E-state index contributed by atoms with van der Waals surface area (Å²) in [5.74, 6) is 0.657. The average molecular weight is 301 g/mol. The van der Waals surface area contributed by atoms with Crippen LogP contribution >= 0.6 is 0 Å². The summed E-state index contributed by atoms with van der Waals surface area (Å²) in [5, 5.41) is 7.38. The van der Waals surface area contributed by atoms with E-state index in [4.69, 9.17) is 4.74 Å². The van der Waals surface area contributed by atoms with Crippen LogP contribution in [0.15, 0.2) is 30.6 Å². The second kappa shape index (κ2) is 6.15. The molecule has 2 aromatic rings. The van der Waals surface area contributed by atoms with Gasteiger partial charge < -0.3 is 15.0 Å². The molecule has 1 aliphatic heterocycles. The number of aromatic nitrogens is 3. The van der Waals surface area contributed by atoms with Crippen molar-refractivity contribution < 1.29 is 9.53 Å². The lowest BCUT2D eigenvalue weighted by atomic mass is 10.2. The number of aryl methyl sites for hydroxylation is 1. The molecule has 3 heterocycles. The maximum Gasteiger partial charge on any atom is 0.244 e. The molecule has 0 aliphatic carbocycles. The second-order valence-electron chi connectivity index (χ2n) is 5.26. The van der Waals surface area contributed by atoms with Crippen molar-refractivity contribution in [2.75, 3.05) is 18.6 Å². The van der Waals surface area contributed by atoms with E-state index in [0.717, 1.165) is 17.8 Å². The summed E-state index contributed by atoms with van der Waals surface area (Å²) < 4.78 is 6.80. The highest BCUT2D eigenvalue weighted by Crippen LogP contribution is 2.20. The number of carbonyl (C=O) groups excluding carboxylic acids is 1. The average Bonchev–Trinajstić information content (AvgIpc) is 3.11. The molecule has 1 N–H and O–H groups in total. The zero-order chi connectivity index (χ0) is 15.5. The molecule has 0 aromatic carbocycles. The summed E-state index contributed by atoms with van der Waals surface area (Å²) in [5.41, 5.74) is 1.70. The number of pyridine rings is 1. The Kier molecular flexibility index (Phi) is 4.06. The molecule has 0 bridgehead atoms.